The van der Waals surface area contributed by atoms with E-state index in [1.807, 2.05) is 35.7 Å². The molecule has 1 aliphatic heterocycles. The third-order valence-electron chi connectivity index (χ3n) is 6.78. The Morgan fingerprint density at radius 3 is 2.37 bits per heavy atom. The predicted octanol–water partition coefficient (Wildman–Crippen LogP) is 5.21. The number of hydrogen-bond acceptors (Lipinski definition) is 7. The molecule has 1 fully saturated rings. The normalized spacial score (nSPS) is 15.2. The molecule has 1 saturated heterocycles. The third-order valence-corrected chi connectivity index (χ3v) is 9.54. The van der Waals surface area contributed by atoms with E-state index in [0.29, 0.717) is 17.9 Å². The van der Waals surface area contributed by atoms with Crippen LogP contribution in [0.1, 0.15) is 34.5 Å². The average molecular weight is 555 g/mol. The van der Waals surface area contributed by atoms with Crippen LogP contribution in [-0.2, 0) is 10.0 Å². The van der Waals surface area contributed by atoms with Crippen molar-refractivity contribution in [3.8, 4) is 11.5 Å². The molecular formula is C29H34N2O5S2. The van der Waals surface area contributed by atoms with Gasteiger partial charge in [0.05, 0.1) is 18.6 Å². The summed E-state index contributed by atoms with van der Waals surface area (Å²) in [6.07, 6.45) is 5.89. The molecule has 0 radical (unpaired) electrons. The highest BCUT2D eigenvalue weighted by atomic mass is 32.2. The highest BCUT2D eigenvalue weighted by molar-refractivity contribution is 7.89. The van der Waals surface area contributed by atoms with Crippen molar-refractivity contribution < 1.29 is 22.7 Å². The molecule has 1 aliphatic rings. The van der Waals surface area contributed by atoms with Crippen molar-refractivity contribution in [3.05, 3.63) is 82.6 Å². The van der Waals surface area contributed by atoms with Crippen LogP contribution in [0.25, 0.3) is 6.08 Å². The second-order valence-corrected chi connectivity index (χ2v) is 12.2. The van der Waals surface area contributed by atoms with E-state index in [2.05, 4.69) is 4.90 Å². The number of hydrogen-bond donors (Lipinski definition) is 0. The summed E-state index contributed by atoms with van der Waals surface area (Å²) in [6.45, 7) is 3.18. The number of likely N-dealkylation sites (tertiary alicyclic amines) is 1. The zero-order valence-corrected chi connectivity index (χ0v) is 23.4. The molecule has 0 N–H and O–H groups in total. The van der Waals surface area contributed by atoms with Gasteiger partial charge < -0.3 is 14.4 Å². The Morgan fingerprint density at radius 1 is 1.05 bits per heavy atom. The Kier molecular flexibility index (Phi) is 9.74. The number of benzene rings is 2. The first-order chi connectivity index (χ1) is 18.4. The number of rotatable bonds is 12. The van der Waals surface area contributed by atoms with E-state index in [1.54, 1.807) is 68.0 Å². The summed E-state index contributed by atoms with van der Waals surface area (Å²) in [5, 5.41) is 1.98. The number of sulfonamides is 1. The van der Waals surface area contributed by atoms with Gasteiger partial charge >= 0.3 is 0 Å². The van der Waals surface area contributed by atoms with Gasteiger partial charge in [0.25, 0.3) is 0 Å². The minimum atomic E-state index is -3.54. The lowest BCUT2D eigenvalue weighted by Gasteiger charge is -2.36. The fraction of sp³-hybridized carbons (Fsp3) is 0.345. The average Bonchev–Trinajstić information content (AvgIpc) is 3.48. The molecule has 0 amide bonds. The Bertz CT molecular complexity index is 1300. The standard InChI is InChI=1S/C29H34N2O5S2/c1-30(38(33,34)28-13-10-25(35-2)11-14-28)24-16-19-31(20-17-24)18-4-21-36-26-8-6-23(7-9-26)29(32)15-12-27-5-3-22-37-27/h3,5-15,22,24H,4,16-21H2,1-2H3/b15-12+. The van der Waals surface area contributed by atoms with Crippen LogP contribution in [0.15, 0.2) is 77.0 Å². The molecule has 0 unspecified atom stereocenters. The lowest BCUT2D eigenvalue weighted by atomic mass is 10.1. The van der Waals surface area contributed by atoms with Gasteiger partial charge in [-0.25, -0.2) is 8.42 Å². The molecule has 0 saturated carbocycles. The van der Waals surface area contributed by atoms with Gasteiger partial charge in [0.1, 0.15) is 11.5 Å². The first-order valence-corrected chi connectivity index (χ1v) is 15.0. The maximum Gasteiger partial charge on any atom is 0.243 e. The summed E-state index contributed by atoms with van der Waals surface area (Å²) in [4.78, 5) is 16.0. The smallest absolute Gasteiger partial charge is 0.243 e. The quantitative estimate of drug-likeness (QED) is 0.174. The lowest BCUT2D eigenvalue weighted by molar-refractivity contribution is 0.104. The first-order valence-electron chi connectivity index (χ1n) is 12.7. The van der Waals surface area contributed by atoms with Gasteiger partial charge in [-0.3, -0.25) is 4.79 Å². The monoisotopic (exact) mass is 554 g/mol. The molecule has 0 aliphatic carbocycles. The van der Waals surface area contributed by atoms with Crippen LogP contribution in [0, 0.1) is 0 Å². The molecule has 0 bridgehead atoms. The number of nitrogens with zero attached hydrogens (tertiary/aromatic N) is 2. The molecule has 0 atom stereocenters. The first kappa shape index (κ1) is 28.0. The van der Waals surface area contributed by atoms with Crippen LogP contribution in [0.3, 0.4) is 0 Å². The van der Waals surface area contributed by atoms with Crippen molar-refractivity contribution in [1.29, 1.82) is 0 Å². The number of carbonyl (C=O) groups excluding carboxylic acids is 1. The Hall–Kier alpha value is -2.98. The molecular weight excluding hydrogens is 520 g/mol. The molecule has 2 heterocycles. The van der Waals surface area contributed by atoms with E-state index in [9.17, 15) is 13.2 Å². The lowest BCUT2D eigenvalue weighted by Crippen LogP contribution is -2.45. The van der Waals surface area contributed by atoms with Crippen molar-refractivity contribution in [1.82, 2.24) is 9.21 Å². The second-order valence-electron chi connectivity index (χ2n) is 9.21. The van der Waals surface area contributed by atoms with Crippen LogP contribution in [-0.4, -0.2) is 69.8 Å². The molecule has 2 aromatic carbocycles. The number of piperidine rings is 1. The van der Waals surface area contributed by atoms with Crippen LogP contribution >= 0.6 is 11.3 Å². The minimum Gasteiger partial charge on any atom is -0.497 e. The van der Waals surface area contributed by atoms with Gasteiger partial charge in [-0.15, -0.1) is 11.3 Å². The van der Waals surface area contributed by atoms with E-state index in [4.69, 9.17) is 9.47 Å². The third kappa shape index (κ3) is 7.32. The number of ether oxygens (including phenoxy) is 2. The maximum atomic E-state index is 13.0. The number of thiophene rings is 1. The van der Waals surface area contributed by atoms with Crippen molar-refractivity contribution in [2.24, 2.45) is 0 Å². The van der Waals surface area contributed by atoms with E-state index >= 15 is 0 Å². The Morgan fingerprint density at radius 2 is 1.74 bits per heavy atom. The van der Waals surface area contributed by atoms with Crippen molar-refractivity contribution in [2.75, 3.05) is 40.4 Å². The molecule has 0 spiro atoms. The summed E-state index contributed by atoms with van der Waals surface area (Å²) in [5.74, 6) is 1.34. The Balaban J connectivity index is 1.16. The molecule has 9 heteroatoms. The number of allylic oxidation sites excluding steroid dienone is 1. The molecule has 3 aromatic rings. The molecule has 38 heavy (non-hydrogen) atoms. The Labute approximate surface area is 229 Å². The van der Waals surface area contributed by atoms with Crippen LogP contribution in [0.2, 0.25) is 0 Å². The van der Waals surface area contributed by atoms with E-state index in [-0.39, 0.29) is 16.7 Å². The van der Waals surface area contributed by atoms with Gasteiger partial charge in [-0.05, 0) is 104 Å². The zero-order valence-electron chi connectivity index (χ0n) is 21.8. The number of carbonyl (C=O) groups is 1. The van der Waals surface area contributed by atoms with E-state index in [0.717, 1.165) is 49.5 Å². The highest BCUT2D eigenvalue weighted by Gasteiger charge is 2.30. The van der Waals surface area contributed by atoms with Crippen LogP contribution in [0.5, 0.6) is 11.5 Å². The molecule has 4 rings (SSSR count). The largest absolute Gasteiger partial charge is 0.497 e. The summed E-state index contributed by atoms with van der Waals surface area (Å²) in [5.41, 5.74) is 0.631. The van der Waals surface area contributed by atoms with E-state index in [1.165, 1.54) is 4.31 Å². The molecule has 7 nitrogen and oxygen atoms in total. The molecule has 202 valence electrons. The van der Waals surface area contributed by atoms with Crippen molar-refractivity contribution in [2.45, 2.75) is 30.2 Å². The number of ketones is 1. The minimum absolute atomic E-state index is 0.0176. The van der Waals surface area contributed by atoms with Gasteiger partial charge in [0.15, 0.2) is 5.78 Å². The van der Waals surface area contributed by atoms with Gasteiger partial charge in [0.2, 0.25) is 10.0 Å². The fourth-order valence-electron chi connectivity index (χ4n) is 4.45. The highest BCUT2D eigenvalue weighted by Crippen LogP contribution is 2.24. The predicted molar refractivity (Wildman–Crippen MR) is 152 cm³/mol. The van der Waals surface area contributed by atoms with Gasteiger partial charge in [-0.2, -0.15) is 4.31 Å². The molecule has 1 aromatic heterocycles. The summed E-state index contributed by atoms with van der Waals surface area (Å²) in [7, 11) is -0.308. The summed E-state index contributed by atoms with van der Waals surface area (Å²) >= 11 is 1.59. The summed E-state index contributed by atoms with van der Waals surface area (Å²) < 4.78 is 38.6. The van der Waals surface area contributed by atoms with Crippen LogP contribution in [0.4, 0.5) is 0 Å². The topological polar surface area (TPSA) is 76.2 Å². The second kappa shape index (κ2) is 13.2. The zero-order chi connectivity index (χ0) is 27.0. The maximum absolute atomic E-state index is 13.0. The van der Waals surface area contributed by atoms with Crippen LogP contribution < -0.4 is 9.47 Å². The van der Waals surface area contributed by atoms with Gasteiger partial charge in [0, 0.05) is 30.1 Å². The number of methoxy groups -OCH3 is 1. The summed E-state index contributed by atoms with van der Waals surface area (Å²) in [6, 6.07) is 17.7. The van der Waals surface area contributed by atoms with E-state index < -0.39 is 10.0 Å². The van der Waals surface area contributed by atoms with Crippen molar-refractivity contribution in [3.63, 3.8) is 0 Å². The fourth-order valence-corrected chi connectivity index (χ4v) is 6.48. The van der Waals surface area contributed by atoms with Gasteiger partial charge in [-0.1, -0.05) is 6.07 Å². The van der Waals surface area contributed by atoms with Crippen molar-refractivity contribution >= 4 is 33.2 Å². The SMILES string of the molecule is COc1ccc(S(=O)(=O)N(C)C2CCN(CCCOc3ccc(C(=O)/C=C/c4cccs4)cc3)CC2)cc1.